The van der Waals surface area contributed by atoms with Gasteiger partial charge in [-0.05, 0) is 64.7 Å². The van der Waals surface area contributed by atoms with E-state index < -0.39 is 46.2 Å². The van der Waals surface area contributed by atoms with Gasteiger partial charge in [0, 0.05) is 16.7 Å². The maximum atomic E-state index is 13.8. The predicted octanol–water partition coefficient (Wildman–Crippen LogP) is 3.70. The highest BCUT2D eigenvalue weighted by Crippen LogP contribution is 2.33. The van der Waals surface area contributed by atoms with E-state index in [1.165, 1.54) is 33.8 Å². The predicted molar refractivity (Wildman–Crippen MR) is 119 cm³/mol. The third-order valence-corrected chi connectivity index (χ3v) is 6.85. The number of nitrogens with one attached hydrogen (secondary N) is 2. The fraction of sp³-hybridized carbons (Fsp3) is 0.545. The standard InChI is InChI=1S/C22H27F3N2O6S/c1-11-16(14-9-13(7-8-15(14)33-11)32-10-12-5-6-12)19(28)26-17(20(29)30)18(22(23,24)25)27-34(31)21(2,3)4/h7-9,12,17-18,27H,5-6,10H2,1-4H3,(H,26,28)(H,29,30). The molecule has 2 aromatic rings. The second kappa shape index (κ2) is 9.67. The minimum absolute atomic E-state index is 0.101. The van der Waals surface area contributed by atoms with Crippen molar-refractivity contribution >= 4 is 34.2 Å². The lowest BCUT2D eigenvalue weighted by Crippen LogP contribution is -2.63. The first-order chi connectivity index (χ1) is 15.7. The van der Waals surface area contributed by atoms with Crippen LogP contribution in [0.1, 0.15) is 49.7 Å². The summed E-state index contributed by atoms with van der Waals surface area (Å²) < 4.78 is 65.6. The van der Waals surface area contributed by atoms with Crippen molar-refractivity contribution in [3.63, 3.8) is 0 Å². The van der Waals surface area contributed by atoms with Crippen LogP contribution in [-0.2, 0) is 16.2 Å². The minimum Gasteiger partial charge on any atom is -0.598 e. The molecule has 1 heterocycles. The first-order valence-corrected chi connectivity index (χ1v) is 11.8. The number of hydrogen-bond acceptors (Lipinski definition) is 6. The Morgan fingerprint density at radius 1 is 1.29 bits per heavy atom. The number of halogens is 3. The van der Waals surface area contributed by atoms with Gasteiger partial charge < -0.3 is 24.1 Å². The molecule has 0 saturated heterocycles. The molecule has 0 aliphatic heterocycles. The van der Waals surface area contributed by atoms with E-state index in [9.17, 15) is 32.4 Å². The lowest BCUT2D eigenvalue weighted by molar-refractivity contribution is -0.169. The average molecular weight is 505 g/mol. The van der Waals surface area contributed by atoms with Crippen LogP contribution < -0.4 is 14.8 Å². The smallest absolute Gasteiger partial charge is 0.410 e. The number of rotatable bonds is 9. The van der Waals surface area contributed by atoms with Gasteiger partial charge in [0.15, 0.2) is 12.1 Å². The van der Waals surface area contributed by atoms with Gasteiger partial charge in [0.05, 0.1) is 12.2 Å². The number of furan rings is 1. The fourth-order valence-electron chi connectivity index (χ4n) is 3.19. The number of aliphatic carboxylic acids is 1. The number of benzene rings is 1. The van der Waals surface area contributed by atoms with Crippen LogP contribution in [0.15, 0.2) is 22.6 Å². The van der Waals surface area contributed by atoms with Gasteiger partial charge in [-0.3, -0.25) is 4.79 Å². The van der Waals surface area contributed by atoms with Crippen LogP contribution in [0.5, 0.6) is 5.75 Å². The van der Waals surface area contributed by atoms with Gasteiger partial charge in [-0.15, -0.1) is 4.72 Å². The second-order valence-corrected chi connectivity index (χ2v) is 11.3. The molecule has 1 aliphatic carbocycles. The summed E-state index contributed by atoms with van der Waals surface area (Å²) >= 11 is -2.25. The zero-order chi connectivity index (χ0) is 25.4. The lowest BCUT2D eigenvalue weighted by Gasteiger charge is -2.31. The number of ether oxygens (including phenoxy) is 1. The Labute approximate surface area is 197 Å². The third kappa shape index (κ3) is 6.16. The normalized spacial score (nSPS) is 17.3. The number of amides is 1. The van der Waals surface area contributed by atoms with Crippen molar-refractivity contribution in [2.75, 3.05) is 6.61 Å². The zero-order valence-electron chi connectivity index (χ0n) is 19.1. The summed E-state index contributed by atoms with van der Waals surface area (Å²) in [7, 11) is 0. The monoisotopic (exact) mass is 504 g/mol. The van der Waals surface area contributed by atoms with Gasteiger partial charge in [-0.2, -0.15) is 13.2 Å². The summed E-state index contributed by atoms with van der Waals surface area (Å²) in [5, 5.41) is 11.7. The first-order valence-electron chi connectivity index (χ1n) is 10.6. The van der Waals surface area contributed by atoms with Gasteiger partial charge in [0.1, 0.15) is 21.8 Å². The number of carbonyl (C=O) groups is 2. The number of carbonyl (C=O) groups excluding carboxylic acids is 1. The molecule has 3 unspecified atom stereocenters. The van der Waals surface area contributed by atoms with Crippen molar-refractivity contribution in [1.29, 1.82) is 0 Å². The zero-order valence-corrected chi connectivity index (χ0v) is 19.9. The molecule has 8 nitrogen and oxygen atoms in total. The van der Waals surface area contributed by atoms with Crippen LogP contribution >= 0.6 is 0 Å². The molecule has 3 atom stereocenters. The van der Waals surface area contributed by atoms with Crippen LogP contribution in [-0.4, -0.2) is 51.1 Å². The number of carboxylic acids is 1. The summed E-state index contributed by atoms with van der Waals surface area (Å²) in [4.78, 5) is 24.8. The lowest BCUT2D eigenvalue weighted by atomic mass is 10.1. The maximum Gasteiger partial charge on any atom is 0.410 e. The van der Waals surface area contributed by atoms with E-state index >= 15 is 0 Å². The Hall–Kier alpha value is -2.44. The molecule has 1 amide bonds. The van der Waals surface area contributed by atoms with Crippen LogP contribution in [0.3, 0.4) is 0 Å². The molecule has 1 fully saturated rings. The summed E-state index contributed by atoms with van der Waals surface area (Å²) in [6, 6.07) is -0.487. The Kier molecular flexibility index (Phi) is 7.44. The summed E-state index contributed by atoms with van der Waals surface area (Å²) in [6.07, 6.45) is -2.97. The SMILES string of the molecule is Cc1oc2ccc(OCC3CC3)cc2c1C(=O)NC(C(=O)O)C(N[S+]([O-])C(C)(C)C)C(F)(F)F. The van der Waals surface area contributed by atoms with Gasteiger partial charge in [-0.1, -0.05) is 0 Å². The molecule has 12 heteroatoms. The fourth-order valence-corrected chi connectivity index (χ4v) is 4.04. The van der Waals surface area contributed by atoms with Crippen molar-refractivity contribution in [1.82, 2.24) is 10.0 Å². The molecule has 1 aromatic heterocycles. The Balaban J connectivity index is 1.89. The van der Waals surface area contributed by atoms with Gasteiger partial charge in [0.2, 0.25) is 0 Å². The Morgan fingerprint density at radius 3 is 2.47 bits per heavy atom. The van der Waals surface area contributed by atoms with E-state index in [2.05, 4.69) is 0 Å². The Morgan fingerprint density at radius 2 is 1.94 bits per heavy atom. The van der Waals surface area contributed by atoms with E-state index in [4.69, 9.17) is 9.15 Å². The number of carboxylic acid groups (broad SMARTS) is 1. The average Bonchev–Trinajstić information content (AvgIpc) is 3.47. The van der Waals surface area contributed by atoms with E-state index in [1.807, 2.05) is 10.0 Å². The van der Waals surface area contributed by atoms with Crippen LogP contribution in [0.4, 0.5) is 13.2 Å². The summed E-state index contributed by atoms with van der Waals surface area (Å²) in [5.41, 5.74) is 0.198. The minimum atomic E-state index is -5.12. The molecular weight excluding hydrogens is 477 g/mol. The highest BCUT2D eigenvalue weighted by atomic mass is 32.2. The molecule has 188 valence electrons. The molecule has 0 bridgehead atoms. The molecule has 3 rings (SSSR count). The topological polar surface area (TPSA) is 124 Å². The number of hydrogen-bond donors (Lipinski definition) is 3. The third-order valence-electron chi connectivity index (χ3n) is 5.27. The molecule has 1 aliphatic rings. The van der Waals surface area contributed by atoms with Crippen molar-refractivity contribution < 1.29 is 41.6 Å². The molecule has 3 N–H and O–H groups in total. The highest BCUT2D eigenvalue weighted by molar-refractivity contribution is 7.90. The first kappa shape index (κ1) is 26.2. The molecular formula is C22H27F3N2O6S. The van der Waals surface area contributed by atoms with Gasteiger partial charge in [0.25, 0.3) is 5.91 Å². The Bertz CT molecular complexity index is 1060. The number of alkyl halides is 3. The van der Waals surface area contributed by atoms with E-state index in [1.54, 1.807) is 12.1 Å². The molecule has 0 radical (unpaired) electrons. The summed E-state index contributed by atoms with van der Waals surface area (Å²) in [6.45, 7) is 6.25. The van der Waals surface area contributed by atoms with Gasteiger partial charge >= 0.3 is 12.1 Å². The van der Waals surface area contributed by atoms with Crippen molar-refractivity contribution in [2.24, 2.45) is 5.92 Å². The number of fused-ring (bicyclic) bond motifs is 1. The highest BCUT2D eigenvalue weighted by Gasteiger charge is 2.52. The summed E-state index contributed by atoms with van der Waals surface area (Å²) in [5.74, 6) is -1.97. The number of aryl methyl sites for hydroxylation is 1. The van der Waals surface area contributed by atoms with Crippen LogP contribution in [0, 0.1) is 12.8 Å². The van der Waals surface area contributed by atoms with E-state index in [0.717, 1.165) is 12.8 Å². The van der Waals surface area contributed by atoms with Crippen molar-refractivity contribution in [2.45, 2.75) is 63.5 Å². The largest absolute Gasteiger partial charge is 0.598 e. The molecule has 1 aromatic carbocycles. The van der Waals surface area contributed by atoms with Crippen molar-refractivity contribution in [3.05, 3.63) is 29.5 Å². The molecule has 34 heavy (non-hydrogen) atoms. The van der Waals surface area contributed by atoms with Crippen molar-refractivity contribution in [3.8, 4) is 5.75 Å². The molecule has 0 spiro atoms. The quantitative estimate of drug-likeness (QED) is 0.445. The second-order valence-electron chi connectivity index (χ2n) is 9.25. The van der Waals surface area contributed by atoms with Crippen LogP contribution in [0.2, 0.25) is 0 Å². The molecule has 1 saturated carbocycles. The maximum absolute atomic E-state index is 13.8. The van der Waals surface area contributed by atoms with E-state index in [0.29, 0.717) is 23.9 Å². The van der Waals surface area contributed by atoms with E-state index in [-0.39, 0.29) is 16.7 Å². The van der Waals surface area contributed by atoms with Gasteiger partial charge in [-0.25, -0.2) is 4.79 Å². The van der Waals surface area contributed by atoms with Crippen LogP contribution in [0.25, 0.3) is 11.0 Å².